The molecule has 0 saturated heterocycles. The fourth-order valence-electron chi connectivity index (χ4n) is 1.22. The zero-order valence-electron chi connectivity index (χ0n) is 8.77. The molecule has 0 bridgehead atoms. The number of rotatable bonds is 3. The molecule has 1 aromatic heterocycles. The molecule has 1 aromatic rings. The van der Waals surface area contributed by atoms with E-state index in [1.54, 1.807) is 0 Å². The van der Waals surface area contributed by atoms with Gasteiger partial charge >= 0.3 is 12.5 Å². The monoisotopic (exact) mass is 307 g/mol. The van der Waals surface area contributed by atoms with Gasteiger partial charge in [-0.1, -0.05) is 0 Å². The Morgan fingerprint density at radius 1 is 1.26 bits per heavy atom. The van der Waals surface area contributed by atoms with Gasteiger partial charge in [-0.3, -0.25) is 9.78 Å². The van der Waals surface area contributed by atoms with Crippen molar-refractivity contribution in [2.24, 2.45) is 0 Å². The van der Waals surface area contributed by atoms with Gasteiger partial charge in [-0.25, -0.2) is 0 Å². The van der Waals surface area contributed by atoms with E-state index in [4.69, 9.17) is 11.6 Å². The van der Waals surface area contributed by atoms with Gasteiger partial charge in [0.2, 0.25) is 0 Å². The summed E-state index contributed by atoms with van der Waals surface area (Å²) >= 11 is 5.25. The Morgan fingerprint density at radius 2 is 1.84 bits per heavy atom. The van der Waals surface area contributed by atoms with Crippen molar-refractivity contribution in [2.75, 3.05) is 0 Å². The highest BCUT2D eigenvalue weighted by atomic mass is 35.5. The maximum Gasteiger partial charge on any atom is 0.573 e. The lowest BCUT2D eigenvalue weighted by Crippen LogP contribution is -2.21. The van der Waals surface area contributed by atoms with Crippen molar-refractivity contribution >= 4 is 17.9 Å². The fraction of sp³-hybridized carbons (Fsp3) is 0.333. The van der Waals surface area contributed by atoms with Gasteiger partial charge in [0.25, 0.3) is 0 Å². The summed E-state index contributed by atoms with van der Waals surface area (Å²) in [6.45, 7) is 0. The Morgan fingerprint density at radius 3 is 2.21 bits per heavy atom. The molecular formula is C9H4ClF6NO2. The van der Waals surface area contributed by atoms with E-state index in [2.05, 4.69) is 9.72 Å². The minimum atomic E-state index is -5.27. The third kappa shape index (κ3) is 3.72. The second-order valence-electron chi connectivity index (χ2n) is 3.16. The minimum Gasteiger partial charge on any atom is -0.403 e. The number of halogens is 7. The largest absolute Gasteiger partial charge is 0.573 e. The molecule has 10 heteroatoms. The second kappa shape index (κ2) is 5.24. The highest BCUT2D eigenvalue weighted by Crippen LogP contribution is 2.38. The molecule has 0 aliphatic rings. The average molecular weight is 308 g/mol. The van der Waals surface area contributed by atoms with E-state index in [-0.39, 0.29) is 12.5 Å². The number of aldehydes is 1. The molecule has 0 fully saturated rings. The topological polar surface area (TPSA) is 39.2 Å². The highest BCUT2D eigenvalue weighted by Gasteiger charge is 2.39. The first-order valence-corrected chi connectivity index (χ1v) is 4.99. The zero-order valence-corrected chi connectivity index (χ0v) is 9.53. The zero-order chi connectivity index (χ0) is 14.8. The third-order valence-electron chi connectivity index (χ3n) is 1.91. The molecule has 0 amide bonds. The van der Waals surface area contributed by atoms with E-state index in [1.807, 2.05) is 0 Å². The Labute approximate surface area is 107 Å². The number of hydrogen-bond donors (Lipinski definition) is 0. The molecule has 0 radical (unpaired) electrons. The van der Waals surface area contributed by atoms with Gasteiger partial charge in [0.05, 0.1) is 22.7 Å². The van der Waals surface area contributed by atoms with E-state index >= 15 is 0 Å². The molecule has 0 atom stereocenters. The quantitative estimate of drug-likeness (QED) is 0.487. The molecule has 0 unspecified atom stereocenters. The molecule has 106 valence electrons. The molecule has 0 aromatic carbocycles. The van der Waals surface area contributed by atoms with Crippen LogP contribution in [0.15, 0.2) is 6.20 Å². The van der Waals surface area contributed by atoms with Crippen molar-refractivity contribution in [1.82, 2.24) is 4.98 Å². The van der Waals surface area contributed by atoms with Crippen molar-refractivity contribution in [3.8, 4) is 5.75 Å². The lowest BCUT2D eigenvalue weighted by Gasteiger charge is -2.16. The summed E-state index contributed by atoms with van der Waals surface area (Å²) in [7, 11) is 0. The van der Waals surface area contributed by atoms with Crippen LogP contribution in [0.2, 0.25) is 0 Å². The van der Waals surface area contributed by atoms with Crippen LogP contribution in [0.3, 0.4) is 0 Å². The van der Waals surface area contributed by atoms with Crippen LogP contribution in [0.5, 0.6) is 5.75 Å². The number of aromatic nitrogens is 1. The summed E-state index contributed by atoms with van der Waals surface area (Å²) in [5.41, 5.74) is -3.54. The number of pyridine rings is 1. The average Bonchev–Trinajstić information content (AvgIpc) is 2.25. The molecule has 19 heavy (non-hydrogen) atoms. The van der Waals surface area contributed by atoms with Gasteiger partial charge in [-0.15, -0.1) is 24.8 Å². The Bertz CT molecular complexity index is 485. The first-order chi connectivity index (χ1) is 8.60. The smallest absolute Gasteiger partial charge is 0.403 e. The van der Waals surface area contributed by atoms with Crippen LogP contribution in [0.1, 0.15) is 21.6 Å². The van der Waals surface area contributed by atoms with Crippen LogP contribution in [0, 0.1) is 0 Å². The van der Waals surface area contributed by atoms with Gasteiger partial charge in [0.15, 0.2) is 12.0 Å². The van der Waals surface area contributed by atoms with E-state index < -0.39 is 41.0 Å². The molecule has 0 aliphatic heterocycles. The molecule has 0 N–H and O–H groups in total. The van der Waals surface area contributed by atoms with E-state index in [0.29, 0.717) is 0 Å². The number of ether oxygens (including phenoxy) is 1. The van der Waals surface area contributed by atoms with Crippen molar-refractivity contribution in [3.05, 3.63) is 23.0 Å². The summed E-state index contributed by atoms with van der Waals surface area (Å²) < 4.78 is 77.3. The third-order valence-corrected chi connectivity index (χ3v) is 2.17. The number of carbonyl (C=O) groups is 1. The summed E-state index contributed by atoms with van der Waals surface area (Å²) in [5.74, 6) is -1.99. The van der Waals surface area contributed by atoms with Crippen LogP contribution in [0.4, 0.5) is 26.3 Å². The van der Waals surface area contributed by atoms with Crippen LogP contribution in [0.25, 0.3) is 0 Å². The summed E-state index contributed by atoms with van der Waals surface area (Å²) in [6, 6.07) is 0. The summed E-state index contributed by atoms with van der Waals surface area (Å²) in [4.78, 5) is 13.8. The van der Waals surface area contributed by atoms with E-state index in [1.165, 1.54) is 0 Å². The summed E-state index contributed by atoms with van der Waals surface area (Å²) in [6.07, 6.45) is -10.5. The van der Waals surface area contributed by atoms with Crippen molar-refractivity contribution in [3.63, 3.8) is 0 Å². The van der Waals surface area contributed by atoms with Crippen molar-refractivity contribution in [2.45, 2.75) is 18.4 Å². The summed E-state index contributed by atoms with van der Waals surface area (Å²) in [5, 5.41) is 0. The van der Waals surface area contributed by atoms with Crippen LogP contribution in [-0.4, -0.2) is 17.6 Å². The lowest BCUT2D eigenvalue weighted by atomic mass is 10.1. The maximum absolute atomic E-state index is 12.5. The molecule has 1 rings (SSSR count). The number of carbonyl (C=O) groups excluding carboxylic acids is 1. The normalized spacial score (nSPS) is 12.4. The maximum atomic E-state index is 12.5. The molecule has 0 aliphatic carbocycles. The number of alkyl halides is 7. The van der Waals surface area contributed by atoms with E-state index in [0.717, 1.165) is 0 Å². The Kier molecular flexibility index (Phi) is 4.28. The van der Waals surface area contributed by atoms with Crippen molar-refractivity contribution in [1.29, 1.82) is 0 Å². The molecule has 1 heterocycles. The fourth-order valence-corrected chi connectivity index (χ4v) is 1.41. The SMILES string of the molecule is O=Cc1c(C(F)(F)F)cnc(CCl)c1OC(F)(F)F. The van der Waals surface area contributed by atoms with Gasteiger partial charge < -0.3 is 4.74 Å². The number of nitrogens with zero attached hydrogens (tertiary/aromatic N) is 1. The Hall–Kier alpha value is -1.51. The van der Waals surface area contributed by atoms with Crippen LogP contribution < -0.4 is 4.74 Å². The first-order valence-electron chi connectivity index (χ1n) is 4.46. The lowest BCUT2D eigenvalue weighted by molar-refractivity contribution is -0.275. The standard InChI is InChI=1S/C9H4ClF6NO2/c10-1-6-7(19-9(14,15)16)4(3-18)5(2-17-6)8(11,12)13/h2-3H,1H2. The predicted molar refractivity (Wildman–Crippen MR) is 50.9 cm³/mol. The van der Waals surface area contributed by atoms with Gasteiger partial charge in [0.1, 0.15) is 0 Å². The highest BCUT2D eigenvalue weighted by molar-refractivity contribution is 6.17. The Balaban J connectivity index is 3.51. The number of hydrogen-bond acceptors (Lipinski definition) is 3. The van der Waals surface area contributed by atoms with Crippen molar-refractivity contribution < 1.29 is 35.9 Å². The van der Waals surface area contributed by atoms with Gasteiger partial charge in [0, 0.05) is 6.20 Å². The minimum absolute atomic E-state index is 0.227. The van der Waals surface area contributed by atoms with E-state index in [9.17, 15) is 31.1 Å². The van der Waals surface area contributed by atoms with Crippen LogP contribution >= 0.6 is 11.6 Å². The first kappa shape index (κ1) is 15.5. The van der Waals surface area contributed by atoms with Crippen LogP contribution in [-0.2, 0) is 12.1 Å². The molecule has 0 spiro atoms. The molecule has 3 nitrogen and oxygen atoms in total. The second-order valence-corrected chi connectivity index (χ2v) is 3.43. The van der Waals surface area contributed by atoms with Gasteiger partial charge in [-0.05, 0) is 0 Å². The molecule has 0 saturated carbocycles. The predicted octanol–water partition coefficient (Wildman–Crippen LogP) is 3.55. The van der Waals surface area contributed by atoms with Gasteiger partial charge in [-0.2, -0.15) is 13.2 Å². The molecular weight excluding hydrogens is 304 g/mol.